The number of hydrogen-bond donors (Lipinski definition) is 2. The Balaban J connectivity index is 1.98. The van der Waals surface area contributed by atoms with Gasteiger partial charge in [-0.1, -0.05) is 19.1 Å². The van der Waals surface area contributed by atoms with E-state index < -0.39 is 11.5 Å². The fourth-order valence-electron chi connectivity index (χ4n) is 2.83. The summed E-state index contributed by atoms with van der Waals surface area (Å²) in [6, 6.07) is 12.2. The molecule has 26 heavy (non-hydrogen) atoms. The summed E-state index contributed by atoms with van der Waals surface area (Å²) in [4.78, 5) is 24.8. The molecular formula is C20H20N2O4. The standard InChI is InChI=1S/C20H20N2O4/c1-3-15-17(25-2)9-6-13-10-16(20(24)26-18(13)15)19(23)22-14-7-4-12(11-21)5-8-14/h4-10H,3,11,21H2,1-2H3,(H,22,23). The molecule has 0 spiro atoms. The molecule has 3 N–H and O–H groups in total. The molecule has 6 heteroatoms. The molecule has 6 nitrogen and oxygen atoms in total. The fraction of sp³-hybridized carbons (Fsp3) is 0.200. The third-order valence-electron chi connectivity index (χ3n) is 4.23. The van der Waals surface area contributed by atoms with E-state index in [1.54, 1.807) is 37.4 Å². The van der Waals surface area contributed by atoms with Gasteiger partial charge in [0.25, 0.3) is 5.91 Å². The zero-order valence-corrected chi connectivity index (χ0v) is 14.7. The van der Waals surface area contributed by atoms with E-state index in [1.165, 1.54) is 0 Å². The Morgan fingerprint density at radius 2 is 1.92 bits per heavy atom. The van der Waals surface area contributed by atoms with Gasteiger partial charge in [-0.05, 0) is 42.3 Å². The number of amides is 1. The number of anilines is 1. The van der Waals surface area contributed by atoms with Gasteiger partial charge in [-0.2, -0.15) is 0 Å². The lowest BCUT2D eigenvalue weighted by atomic mass is 10.1. The summed E-state index contributed by atoms with van der Waals surface area (Å²) in [6.45, 7) is 2.37. The van der Waals surface area contributed by atoms with E-state index >= 15 is 0 Å². The highest BCUT2D eigenvalue weighted by Crippen LogP contribution is 2.28. The van der Waals surface area contributed by atoms with Gasteiger partial charge in [-0.25, -0.2) is 4.79 Å². The SMILES string of the molecule is CCc1c(OC)ccc2cc(C(=O)Nc3ccc(CN)cc3)c(=O)oc12. The van der Waals surface area contributed by atoms with Crippen molar-refractivity contribution >= 4 is 22.6 Å². The van der Waals surface area contributed by atoms with Crippen molar-refractivity contribution in [2.24, 2.45) is 5.73 Å². The predicted octanol–water partition coefficient (Wildman–Crippen LogP) is 3.08. The number of benzene rings is 2. The molecule has 1 aromatic heterocycles. The highest BCUT2D eigenvalue weighted by molar-refractivity contribution is 6.05. The number of methoxy groups -OCH3 is 1. The molecule has 0 fully saturated rings. The van der Waals surface area contributed by atoms with E-state index in [1.807, 2.05) is 19.1 Å². The van der Waals surface area contributed by atoms with Crippen molar-refractivity contribution in [3.05, 3.63) is 69.6 Å². The molecular weight excluding hydrogens is 332 g/mol. The molecule has 0 bridgehead atoms. The number of nitrogens with two attached hydrogens (primary N) is 1. The summed E-state index contributed by atoms with van der Waals surface area (Å²) in [5, 5.41) is 3.37. The molecule has 0 atom stereocenters. The summed E-state index contributed by atoms with van der Waals surface area (Å²) < 4.78 is 10.7. The first-order valence-corrected chi connectivity index (χ1v) is 8.31. The molecule has 1 heterocycles. The monoisotopic (exact) mass is 352 g/mol. The lowest BCUT2D eigenvalue weighted by Gasteiger charge is -2.10. The molecule has 0 radical (unpaired) electrons. The van der Waals surface area contributed by atoms with E-state index in [9.17, 15) is 9.59 Å². The summed E-state index contributed by atoms with van der Waals surface area (Å²) in [5.74, 6) is 0.135. The van der Waals surface area contributed by atoms with Gasteiger partial charge in [0.05, 0.1) is 7.11 Å². The summed E-state index contributed by atoms with van der Waals surface area (Å²) in [7, 11) is 1.57. The van der Waals surface area contributed by atoms with Crippen LogP contribution in [0.1, 0.15) is 28.4 Å². The lowest BCUT2D eigenvalue weighted by Crippen LogP contribution is -2.20. The number of carbonyl (C=O) groups excluding carboxylic acids is 1. The molecule has 3 rings (SSSR count). The Morgan fingerprint density at radius 3 is 2.54 bits per heavy atom. The quantitative estimate of drug-likeness (QED) is 0.688. The third-order valence-corrected chi connectivity index (χ3v) is 4.23. The summed E-state index contributed by atoms with van der Waals surface area (Å²) in [5.41, 5.74) is 7.60. The van der Waals surface area contributed by atoms with Crippen molar-refractivity contribution in [3.8, 4) is 5.75 Å². The predicted molar refractivity (Wildman–Crippen MR) is 101 cm³/mol. The second-order valence-electron chi connectivity index (χ2n) is 5.82. The Labute approximate surface area is 150 Å². The van der Waals surface area contributed by atoms with Crippen molar-refractivity contribution in [3.63, 3.8) is 0 Å². The van der Waals surface area contributed by atoms with E-state index in [-0.39, 0.29) is 5.56 Å². The van der Waals surface area contributed by atoms with Crippen LogP contribution in [0.2, 0.25) is 0 Å². The number of nitrogens with one attached hydrogen (secondary N) is 1. The second-order valence-corrected chi connectivity index (χ2v) is 5.82. The maximum absolute atomic E-state index is 12.5. The fourth-order valence-corrected chi connectivity index (χ4v) is 2.83. The Kier molecular flexibility index (Phi) is 5.04. The van der Waals surface area contributed by atoms with E-state index in [2.05, 4.69) is 5.32 Å². The van der Waals surface area contributed by atoms with Crippen LogP contribution >= 0.6 is 0 Å². The number of fused-ring (bicyclic) bond motifs is 1. The van der Waals surface area contributed by atoms with Crippen molar-refractivity contribution in [1.82, 2.24) is 0 Å². The maximum atomic E-state index is 12.5. The number of aryl methyl sites for hydroxylation is 1. The molecule has 3 aromatic rings. The smallest absolute Gasteiger partial charge is 0.349 e. The van der Waals surface area contributed by atoms with Gasteiger partial charge >= 0.3 is 5.63 Å². The Morgan fingerprint density at radius 1 is 1.19 bits per heavy atom. The topological polar surface area (TPSA) is 94.6 Å². The highest BCUT2D eigenvalue weighted by atomic mass is 16.5. The van der Waals surface area contributed by atoms with Crippen LogP contribution in [0.3, 0.4) is 0 Å². The molecule has 0 saturated heterocycles. The van der Waals surface area contributed by atoms with Crippen LogP contribution in [0.5, 0.6) is 5.75 Å². The Bertz CT molecular complexity index is 1010. The third kappa shape index (κ3) is 3.32. The van der Waals surface area contributed by atoms with Crippen LogP contribution in [0, 0.1) is 0 Å². The van der Waals surface area contributed by atoms with Crippen LogP contribution in [0.25, 0.3) is 11.0 Å². The van der Waals surface area contributed by atoms with Gasteiger partial charge in [0.1, 0.15) is 16.9 Å². The number of hydrogen-bond acceptors (Lipinski definition) is 5. The zero-order valence-electron chi connectivity index (χ0n) is 14.7. The lowest BCUT2D eigenvalue weighted by molar-refractivity contribution is 0.102. The maximum Gasteiger partial charge on any atom is 0.349 e. The van der Waals surface area contributed by atoms with Crippen LogP contribution in [-0.4, -0.2) is 13.0 Å². The van der Waals surface area contributed by atoms with E-state index in [0.29, 0.717) is 35.4 Å². The minimum Gasteiger partial charge on any atom is -0.496 e. The van der Waals surface area contributed by atoms with Gasteiger partial charge in [-0.15, -0.1) is 0 Å². The molecule has 134 valence electrons. The molecule has 0 saturated carbocycles. The van der Waals surface area contributed by atoms with Crippen molar-refractivity contribution in [1.29, 1.82) is 0 Å². The minimum atomic E-state index is -0.684. The summed E-state index contributed by atoms with van der Waals surface area (Å²) >= 11 is 0. The molecule has 0 aliphatic carbocycles. The van der Waals surface area contributed by atoms with Gasteiger partial charge in [-0.3, -0.25) is 4.79 Å². The van der Waals surface area contributed by atoms with Gasteiger partial charge < -0.3 is 20.2 Å². The zero-order chi connectivity index (χ0) is 18.7. The van der Waals surface area contributed by atoms with Crippen molar-refractivity contribution < 1.29 is 13.9 Å². The molecule has 2 aromatic carbocycles. The largest absolute Gasteiger partial charge is 0.496 e. The number of carbonyl (C=O) groups is 1. The molecule has 0 aliphatic heterocycles. The van der Waals surface area contributed by atoms with E-state index in [0.717, 1.165) is 11.1 Å². The molecule has 1 amide bonds. The average molecular weight is 352 g/mol. The van der Waals surface area contributed by atoms with Crippen LogP contribution < -0.4 is 21.4 Å². The van der Waals surface area contributed by atoms with Gasteiger partial charge in [0, 0.05) is 23.2 Å². The van der Waals surface area contributed by atoms with Crippen LogP contribution in [-0.2, 0) is 13.0 Å². The Hall–Kier alpha value is -3.12. The normalized spacial score (nSPS) is 10.7. The first kappa shape index (κ1) is 17.7. The van der Waals surface area contributed by atoms with Crippen LogP contribution in [0.4, 0.5) is 5.69 Å². The van der Waals surface area contributed by atoms with Gasteiger partial charge in [0.15, 0.2) is 0 Å². The first-order chi connectivity index (χ1) is 12.6. The van der Waals surface area contributed by atoms with Crippen LogP contribution in [0.15, 0.2) is 51.7 Å². The molecule has 0 aliphatic rings. The number of rotatable bonds is 5. The summed E-state index contributed by atoms with van der Waals surface area (Å²) in [6.07, 6.45) is 0.641. The van der Waals surface area contributed by atoms with Crippen molar-refractivity contribution in [2.75, 3.05) is 12.4 Å². The van der Waals surface area contributed by atoms with Crippen molar-refractivity contribution in [2.45, 2.75) is 19.9 Å². The highest BCUT2D eigenvalue weighted by Gasteiger charge is 2.17. The minimum absolute atomic E-state index is 0.0485. The number of ether oxygens (including phenoxy) is 1. The molecule has 0 unspecified atom stereocenters. The van der Waals surface area contributed by atoms with Gasteiger partial charge in [0.2, 0.25) is 0 Å². The average Bonchev–Trinajstić information content (AvgIpc) is 2.67. The first-order valence-electron chi connectivity index (χ1n) is 8.31. The second kappa shape index (κ2) is 7.41. The van der Waals surface area contributed by atoms with E-state index in [4.69, 9.17) is 14.9 Å².